The molecule has 0 saturated carbocycles. The molecule has 3 heterocycles. The number of imidazole rings is 1. The summed E-state index contributed by atoms with van der Waals surface area (Å²) in [4.78, 5) is 24.7. The number of carbonyl (C=O) groups excluding carboxylic acids is 1. The third kappa shape index (κ3) is 4.90. The van der Waals surface area contributed by atoms with Gasteiger partial charge in [-0.25, -0.2) is 18.6 Å². The van der Waals surface area contributed by atoms with Gasteiger partial charge in [-0.15, -0.1) is 0 Å². The highest BCUT2D eigenvalue weighted by Crippen LogP contribution is 2.34. The van der Waals surface area contributed by atoms with Crippen molar-refractivity contribution in [2.45, 2.75) is 39.2 Å². The van der Waals surface area contributed by atoms with Gasteiger partial charge in [0, 0.05) is 50.9 Å². The minimum atomic E-state index is -2.69. The first kappa shape index (κ1) is 23.4. The molecular formula is C26H32F2N6O. The topological polar surface area (TPSA) is 76.3 Å². The first-order chi connectivity index (χ1) is 16.8. The van der Waals surface area contributed by atoms with E-state index in [9.17, 15) is 13.6 Å². The number of nitrogens with one attached hydrogen (secondary N) is 3. The van der Waals surface area contributed by atoms with Gasteiger partial charge in [0.2, 0.25) is 11.9 Å². The standard InChI is InChI=1S/C26H32F2N6O/c1-3-29-24-31-22-7-5-18(15-23(22)32-24)17-4-6-21-19(14-17)16-34(13-10-30-21)25(35)33-11-8-20(9-12-33)26(2,27)28/h4-7,14-15,20,30H,3,8-13,16H2,1-2H3,(H2,29,31,32). The molecule has 2 aromatic carbocycles. The molecule has 2 aliphatic heterocycles. The van der Waals surface area contributed by atoms with E-state index >= 15 is 0 Å². The summed E-state index contributed by atoms with van der Waals surface area (Å²) in [6, 6.07) is 12.4. The van der Waals surface area contributed by atoms with Gasteiger partial charge in [0.05, 0.1) is 11.0 Å². The summed E-state index contributed by atoms with van der Waals surface area (Å²) in [5.74, 6) is -2.59. The number of nitrogens with zero attached hydrogens (tertiary/aromatic N) is 3. The Kier molecular flexibility index (Phi) is 6.25. The lowest BCUT2D eigenvalue weighted by atomic mass is 9.91. The van der Waals surface area contributed by atoms with Crippen molar-refractivity contribution in [3.05, 3.63) is 42.0 Å². The molecule has 2 aliphatic rings. The second-order valence-corrected chi connectivity index (χ2v) is 9.57. The van der Waals surface area contributed by atoms with Crippen LogP contribution in [0.3, 0.4) is 0 Å². The Morgan fingerprint density at radius 2 is 1.86 bits per heavy atom. The van der Waals surface area contributed by atoms with Crippen molar-refractivity contribution >= 4 is 28.7 Å². The number of piperidine rings is 1. The average molecular weight is 483 g/mol. The number of amides is 2. The summed E-state index contributed by atoms with van der Waals surface area (Å²) in [6.07, 6.45) is 0.682. The van der Waals surface area contributed by atoms with E-state index in [1.54, 1.807) is 4.90 Å². The number of aromatic nitrogens is 2. The van der Waals surface area contributed by atoms with Crippen LogP contribution in [-0.2, 0) is 6.54 Å². The van der Waals surface area contributed by atoms with Gasteiger partial charge in [-0.2, -0.15) is 0 Å². The molecular weight excluding hydrogens is 450 g/mol. The van der Waals surface area contributed by atoms with Crippen LogP contribution in [0.25, 0.3) is 22.2 Å². The highest BCUT2D eigenvalue weighted by molar-refractivity contribution is 5.84. The molecule has 35 heavy (non-hydrogen) atoms. The Bertz CT molecular complexity index is 1210. The van der Waals surface area contributed by atoms with Crippen LogP contribution in [0.4, 0.5) is 25.2 Å². The number of aromatic amines is 1. The highest BCUT2D eigenvalue weighted by atomic mass is 19.3. The lowest BCUT2D eigenvalue weighted by Gasteiger charge is -2.37. The normalized spacial score (nSPS) is 17.1. The van der Waals surface area contributed by atoms with Crippen molar-refractivity contribution in [2.75, 3.05) is 43.4 Å². The molecule has 2 amide bonds. The molecule has 1 fully saturated rings. The number of hydrogen-bond donors (Lipinski definition) is 3. The van der Waals surface area contributed by atoms with Gasteiger partial charge in [-0.3, -0.25) is 0 Å². The number of carbonyl (C=O) groups is 1. The van der Waals surface area contributed by atoms with E-state index in [1.165, 1.54) is 0 Å². The van der Waals surface area contributed by atoms with E-state index in [-0.39, 0.29) is 6.03 Å². The zero-order valence-electron chi connectivity index (χ0n) is 20.2. The maximum absolute atomic E-state index is 13.7. The summed E-state index contributed by atoms with van der Waals surface area (Å²) in [5.41, 5.74) is 6.06. The lowest BCUT2D eigenvalue weighted by Crippen LogP contribution is -2.48. The first-order valence-corrected chi connectivity index (χ1v) is 12.3. The smallest absolute Gasteiger partial charge is 0.320 e. The van der Waals surface area contributed by atoms with Crippen molar-refractivity contribution in [1.82, 2.24) is 19.8 Å². The van der Waals surface area contributed by atoms with Crippen LogP contribution < -0.4 is 10.6 Å². The van der Waals surface area contributed by atoms with Gasteiger partial charge in [0.25, 0.3) is 0 Å². The van der Waals surface area contributed by atoms with E-state index in [0.29, 0.717) is 45.6 Å². The summed E-state index contributed by atoms with van der Waals surface area (Å²) < 4.78 is 27.4. The monoisotopic (exact) mass is 482 g/mol. The minimum Gasteiger partial charge on any atom is -0.383 e. The molecule has 0 atom stereocenters. The first-order valence-electron chi connectivity index (χ1n) is 12.3. The van der Waals surface area contributed by atoms with E-state index in [4.69, 9.17) is 0 Å². The van der Waals surface area contributed by atoms with Gasteiger partial charge in [0.15, 0.2) is 0 Å². The number of alkyl halides is 2. The largest absolute Gasteiger partial charge is 0.383 e. The molecule has 0 radical (unpaired) electrons. The molecule has 1 saturated heterocycles. The molecule has 9 heteroatoms. The summed E-state index contributed by atoms with van der Waals surface area (Å²) in [7, 11) is 0. The number of urea groups is 1. The maximum Gasteiger partial charge on any atom is 0.320 e. The van der Waals surface area contributed by atoms with E-state index in [2.05, 4.69) is 50.9 Å². The van der Waals surface area contributed by atoms with Crippen LogP contribution in [0.15, 0.2) is 36.4 Å². The fourth-order valence-corrected chi connectivity index (χ4v) is 5.07. The van der Waals surface area contributed by atoms with Gasteiger partial charge in [0.1, 0.15) is 0 Å². The Hall–Kier alpha value is -3.36. The van der Waals surface area contributed by atoms with Crippen LogP contribution in [0.2, 0.25) is 0 Å². The number of H-pyrrole nitrogens is 1. The van der Waals surface area contributed by atoms with Crippen LogP contribution in [-0.4, -0.2) is 64.4 Å². The molecule has 3 N–H and O–H groups in total. The Balaban J connectivity index is 1.33. The molecule has 7 nitrogen and oxygen atoms in total. The lowest BCUT2D eigenvalue weighted by molar-refractivity contribution is -0.0594. The molecule has 1 aromatic heterocycles. The van der Waals surface area contributed by atoms with E-state index in [1.807, 2.05) is 17.9 Å². The zero-order chi connectivity index (χ0) is 24.6. The average Bonchev–Trinajstić information content (AvgIpc) is 3.12. The third-order valence-corrected chi connectivity index (χ3v) is 7.08. The summed E-state index contributed by atoms with van der Waals surface area (Å²) >= 11 is 0. The number of halogens is 2. The summed E-state index contributed by atoms with van der Waals surface area (Å²) in [5, 5.41) is 6.63. The van der Waals surface area contributed by atoms with Gasteiger partial charge >= 0.3 is 6.03 Å². The summed E-state index contributed by atoms with van der Waals surface area (Å²) in [6.45, 7) is 6.26. The van der Waals surface area contributed by atoms with Crippen molar-refractivity contribution in [1.29, 1.82) is 0 Å². The molecule has 5 rings (SSSR count). The molecule has 0 spiro atoms. The van der Waals surface area contributed by atoms with Crippen LogP contribution >= 0.6 is 0 Å². The van der Waals surface area contributed by atoms with Crippen molar-refractivity contribution in [3.63, 3.8) is 0 Å². The van der Waals surface area contributed by atoms with Crippen LogP contribution in [0.5, 0.6) is 0 Å². The van der Waals surface area contributed by atoms with Crippen molar-refractivity contribution in [3.8, 4) is 11.1 Å². The van der Waals surface area contributed by atoms with Crippen LogP contribution in [0, 0.1) is 5.92 Å². The minimum absolute atomic E-state index is 0.0715. The number of fused-ring (bicyclic) bond motifs is 2. The van der Waals surface area contributed by atoms with Gasteiger partial charge in [-0.1, -0.05) is 12.1 Å². The SMILES string of the molecule is CCNc1nc2ccc(-c3ccc4c(c3)CN(C(=O)N3CCC(C(C)(F)F)CC3)CCN4)cc2[nH]1. The molecule has 186 valence electrons. The van der Waals surface area contributed by atoms with Crippen molar-refractivity contribution in [2.24, 2.45) is 5.92 Å². The quantitative estimate of drug-likeness (QED) is 0.467. The number of hydrogen-bond acceptors (Lipinski definition) is 4. The molecule has 0 unspecified atom stereocenters. The van der Waals surface area contributed by atoms with E-state index in [0.717, 1.165) is 52.8 Å². The Labute approximate surface area is 203 Å². The Morgan fingerprint density at radius 1 is 1.11 bits per heavy atom. The molecule has 0 aliphatic carbocycles. The number of likely N-dealkylation sites (tertiary alicyclic amines) is 1. The van der Waals surface area contributed by atoms with Gasteiger partial charge < -0.3 is 25.4 Å². The molecule has 0 bridgehead atoms. The van der Waals surface area contributed by atoms with Crippen LogP contribution in [0.1, 0.15) is 32.3 Å². The second kappa shape index (κ2) is 9.36. The maximum atomic E-state index is 13.7. The fraction of sp³-hybridized carbons (Fsp3) is 0.462. The predicted octanol–water partition coefficient (Wildman–Crippen LogP) is 5.38. The fourth-order valence-electron chi connectivity index (χ4n) is 5.07. The van der Waals surface area contributed by atoms with Gasteiger partial charge in [-0.05, 0) is 67.6 Å². The number of anilines is 2. The zero-order valence-corrected chi connectivity index (χ0v) is 20.2. The van der Waals surface area contributed by atoms with Crippen molar-refractivity contribution < 1.29 is 13.6 Å². The second-order valence-electron chi connectivity index (χ2n) is 9.57. The number of rotatable bonds is 4. The third-order valence-electron chi connectivity index (χ3n) is 7.08. The highest BCUT2D eigenvalue weighted by Gasteiger charge is 2.38. The number of benzene rings is 2. The van der Waals surface area contributed by atoms with E-state index < -0.39 is 11.8 Å². The predicted molar refractivity (Wildman–Crippen MR) is 135 cm³/mol. The Morgan fingerprint density at radius 3 is 2.60 bits per heavy atom. The molecule has 3 aromatic rings.